The second-order valence-electron chi connectivity index (χ2n) is 6.51. The zero-order valence-electron chi connectivity index (χ0n) is 12.6. The standard InChI is InChI=1S/C15H26N2O2/c1-15(2,3)11-5-6-14-12(9-11)13(17-19-14)10-16-7-8-18-4/h11,16H,5-10H2,1-4H3. The molecule has 1 heterocycles. The summed E-state index contributed by atoms with van der Waals surface area (Å²) in [5.41, 5.74) is 2.78. The zero-order chi connectivity index (χ0) is 13.9. The topological polar surface area (TPSA) is 47.3 Å². The fourth-order valence-corrected chi connectivity index (χ4v) is 2.72. The quantitative estimate of drug-likeness (QED) is 0.832. The van der Waals surface area contributed by atoms with Gasteiger partial charge in [0.1, 0.15) is 11.5 Å². The first kappa shape index (κ1) is 14.5. The third-order valence-electron chi connectivity index (χ3n) is 4.12. The van der Waals surface area contributed by atoms with Crippen molar-refractivity contribution in [1.29, 1.82) is 0 Å². The number of hydrogen-bond donors (Lipinski definition) is 1. The van der Waals surface area contributed by atoms with Crippen LogP contribution in [0.25, 0.3) is 0 Å². The van der Waals surface area contributed by atoms with Gasteiger partial charge in [-0.15, -0.1) is 0 Å². The molecule has 1 aliphatic carbocycles. The normalized spacial score (nSPS) is 19.5. The lowest BCUT2D eigenvalue weighted by Crippen LogP contribution is -2.27. The molecule has 0 bridgehead atoms. The van der Waals surface area contributed by atoms with Crippen molar-refractivity contribution in [3.05, 3.63) is 17.0 Å². The van der Waals surface area contributed by atoms with Crippen molar-refractivity contribution in [2.24, 2.45) is 11.3 Å². The van der Waals surface area contributed by atoms with E-state index in [1.807, 2.05) is 0 Å². The number of methoxy groups -OCH3 is 1. The number of ether oxygens (including phenoxy) is 1. The molecule has 1 aliphatic rings. The van der Waals surface area contributed by atoms with Gasteiger partial charge in [-0.25, -0.2) is 0 Å². The van der Waals surface area contributed by atoms with Gasteiger partial charge in [0, 0.05) is 32.2 Å². The Kier molecular flexibility index (Phi) is 4.63. The van der Waals surface area contributed by atoms with Gasteiger partial charge in [-0.05, 0) is 24.2 Å². The van der Waals surface area contributed by atoms with Gasteiger partial charge < -0.3 is 14.6 Å². The summed E-state index contributed by atoms with van der Waals surface area (Å²) < 4.78 is 10.5. The molecule has 0 fully saturated rings. The molecule has 0 radical (unpaired) electrons. The predicted octanol–water partition coefficient (Wildman–Crippen LogP) is 2.56. The fraction of sp³-hybridized carbons (Fsp3) is 0.800. The van der Waals surface area contributed by atoms with E-state index in [0.29, 0.717) is 5.41 Å². The largest absolute Gasteiger partial charge is 0.383 e. The van der Waals surface area contributed by atoms with E-state index in [2.05, 4.69) is 31.2 Å². The summed E-state index contributed by atoms with van der Waals surface area (Å²) in [4.78, 5) is 0. The Morgan fingerprint density at radius 1 is 1.42 bits per heavy atom. The Labute approximate surface area is 115 Å². The van der Waals surface area contributed by atoms with Gasteiger partial charge in [0.15, 0.2) is 0 Å². The van der Waals surface area contributed by atoms with Crippen LogP contribution >= 0.6 is 0 Å². The van der Waals surface area contributed by atoms with Crippen molar-refractivity contribution < 1.29 is 9.26 Å². The molecule has 0 aromatic carbocycles. The summed E-state index contributed by atoms with van der Waals surface area (Å²) in [6.45, 7) is 9.33. The van der Waals surface area contributed by atoms with Crippen LogP contribution in [-0.2, 0) is 24.1 Å². The molecule has 0 saturated heterocycles. The number of nitrogens with zero attached hydrogens (tertiary/aromatic N) is 1. The van der Waals surface area contributed by atoms with Crippen LogP contribution in [0.4, 0.5) is 0 Å². The molecule has 1 atom stereocenters. The number of aromatic nitrogens is 1. The molecular weight excluding hydrogens is 240 g/mol. The Hall–Kier alpha value is -0.870. The van der Waals surface area contributed by atoms with Gasteiger partial charge in [-0.1, -0.05) is 25.9 Å². The van der Waals surface area contributed by atoms with Crippen LogP contribution in [0, 0.1) is 11.3 Å². The average molecular weight is 266 g/mol. The molecule has 0 saturated carbocycles. The van der Waals surface area contributed by atoms with E-state index in [-0.39, 0.29) is 0 Å². The van der Waals surface area contributed by atoms with Crippen LogP contribution in [0.15, 0.2) is 4.52 Å². The maximum absolute atomic E-state index is 5.48. The minimum Gasteiger partial charge on any atom is -0.383 e. The minimum absolute atomic E-state index is 0.357. The lowest BCUT2D eigenvalue weighted by atomic mass is 9.71. The molecule has 1 aromatic heterocycles. The molecule has 1 N–H and O–H groups in total. The van der Waals surface area contributed by atoms with Gasteiger partial charge in [0.2, 0.25) is 0 Å². The summed E-state index contributed by atoms with van der Waals surface area (Å²) in [7, 11) is 1.72. The van der Waals surface area contributed by atoms with Crippen molar-refractivity contribution in [3.63, 3.8) is 0 Å². The highest BCUT2D eigenvalue weighted by atomic mass is 16.5. The Bertz CT molecular complexity index is 407. The predicted molar refractivity (Wildman–Crippen MR) is 75.1 cm³/mol. The van der Waals surface area contributed by atoms with Crippen LogP contribution in [0.3, 0.4) is 0 Å². The SMILES string of the molecule is COCCNCc1noc2c1CC(C(C)(C)C)CC2. The molecule has 1 aromatic rings. The summed E-state index contributed by atoms with van der Waals surface area (Å²) in [6, 6.07) is 0. The smallest absolute Gasteiger partial charge is 0.140 e. The fourth-order valence-electron chi connectivity index (χ4n) is 2.72. The first-order chi connectivity index (χ1) is 9.02. The van der Waals surface area contributed by atoms with Gasteiger partial charge in [0.25, 0.3) is 0 Å². The molecule has 0 amide bonds. The first-order valence-electron chi connectivity index (χ1n) is 7.18. The van der Waals surface area contributed by atoms with Gasteiger partial charge in [-0.2, -0.15) is 0 Å². The number of hydrogen-bond acceptors (Lipinski definition) is 4. The average Bonchev–Trinajstić information content (AvgIpc) is 2.76. The molecule has 4 heteroatoms. The van der Waals surface area contributed by atoms with E-state index < -0.39 is 0 Å². The van der Waals surface area contributed by atoms with Crippen molar-refractivity contribution in [3.8, 4) is 0 Å². The number of nitrogens with one attached hydrogen (secondary N) is 1. The van der Waals surface area contributed by atoms with Crippen LogP contribution in [-0.4, -0.2) is 25.4 Å². The van der Waals surface area contributed by atoms with E-state index in [9.17, 15) is 0 Å². The zero-order valence-corrected chi connectivity index (χ0v) is 12.6. The lowest BCUT2D eigenvalue weighted by Gasteiger charge is -2.33. The summed E-state index contributed by atoms with van der Waals surface area (Å²) >= 11 is 0. The van der Waals surface area contributed by atoms with E-state index in [1.54, 1.807) is 7.11 Å². The third-order valence-corrected chi connectivity index (χ3v) is 4.12. The highest BCUT2D eigenvalue weighted by Crippen LogP contribution is 2.38. The van der Waals surface area contributed by atoms with E-state index in [0.717, 1.165) is 49.9 Å². The molecule has 1 unspecified atom stereocenters. The van der Waals surface area contributed by atoms with E-state index in [4.69, 9.17) is 9.26 Å². The van der Waals surface area contributed by atoms with Crippen molar-refractivity contribution in [2.75, 3.05) is 20.3 Å². The molecular formula is C15H26N2O2. The first-order valence-corrected chi connectivity index (χ1v) is 7.18. The molecule has 19 heavy (non-hydrogen) atoms. The second-order valence-corrected chi connectivity index (χ2v) is 6.51. The van der Waals surface area contributed by atoms with E-state index in [1.165, 1.54) is 12.0 Å². The maximum Gasteiger partial charge on any atom is 0.140 e. The minimum atomic E-state index is 0.357. The summed E-state index contributed by atoms with van der Waals surface area (Å²) in [6.07, 6.45) is 3.34. The summed E-state index contributed by atoms with van der Waals surface area (Å²) in [5.74, 6) is 1.82. The van der Waals surface area contributed by atoms with Crippen LogP contribution < -0.4 is 5.32 Å². The molecule has 2 rings (SSSR count). The molecule has 4 nitrogen and oxygen atoms in total. The van der Waals surface area contributed by atoms with Gasteiger partial charge in [-0.3, -0.25) is 0 Å². The molecule has 0 spiro atoms. The Balaban J connectivity index is 1.99. The third kappa shape index (κ3) is 3.57. The Morgan fingerprint density at radius 2 is 2.21 bits per heavy atom. The maximum atomic E-state index is 5.48. The lowest BCUT2D eigenvalue weighted by molar-refractivity contribution is 0.199. The second kappa shape index (κ2) is 6.06. The van der Waals surface area contributed by atoms with E-state index >= 15 is 0 Å². The Morgan fingerprint density at radius 3 is 2.89 bits per heavy atom. The number of aryl methyl sites for hydroxylation is 1. The molecule has 108 valence electrons. The number of fused-ring (bicyclic) bond motifs is 1. The van der Waals surface area contributed by atoms with Crippen LogP contribution in [0.1, 0.15) is 44.2 Å². The monoisotopic (exact) mass is 266 g/mol. The number of rotatable bonds is 5. The van der Waals surface area contributed by atoms with Crippen molar-refractivity contribution >= 4 is 0 Å². The summed E-state index contributed by atoms with van der Waals surface area (Å²) in [5, 5.41) is 7.58. The van der Waals surface area contributed by atoms with Gasteiger partial charge in [0.05, 0.1) is 6.61 Å². The van der Waals surface area contributed by atoms with Crippen molar-refractivity contribution in [2.45, 2.75) is 46.6 Å². The van der Waals surface area contributed by atoms with Crippen LogP contribution in [0.5, 0.6) is 0 Å². The highest BCUT2D eigenvalue weighted by molar-refractivity contribution is 5.26. The molecule has 0 aliphatic heterocycles. The highest BCUT2D eigenvalue weighted by Gasteiger charge is 2.32. The van der Waals surface area contributed by atoms with Gasteiger partial charge >= 0.3 is 0 Å². The van der Waals surface area contributed by atoms with Crippen molar-refractivity contribution in [1.82, 2.24) is 10.5 Å². The van der Waals surface area contributed by atoms with Crippen LogP contribution in [0.2, 0.25) is 0 Å².